The molecule has 0 unspecified atom stereocenters. The van der Waals surface area contributed by atoms with Crippen molar-refractivity contribution in [1.29, 1.82) is 0 Å². The van der Waals surface area contributed by atoms with Gasteiger partial charge in [0.25, 0.3) is 0 Å². The topological polar surface area (TPSA) is 51.6 Å². The van der Waals surface area contributed by atoms with E-state index in [1.165, 1.54) is 37.7 Å². The molecular weight excluding hydrogens is 653 g/mol. The molecule has 0 bridgehead atoms. The van der Waals surface area contributed by atoms with Crippen LogP contribution in [0.4, 0.5) is 0 Å². The van der Waals surface area contributed by atoms with E-state index >= 15 is 0 Å². The minimum atomic E-state index is -0.215. The Bertz CT molecular complexity index is 2750. The van der Waals surface area contributed by atoms with Crippen LogP contribution >= 0.6 is 11.3 Å². The van der Waals surface area contributed by atoms with Crippen molar-refractivity contribution in [2.75, 3.05) is 0 Å². The molecule has 0 aliphatic heterocycles. The maximum atomic E-state index is 5.22. The molecule has 5 heteroatoms. The predicted molar refractivity (Wildman–Crippen MR) is 215 cm³/mol. The first-order valence-electron chi connectivity index (χ1n) is 17.6. The highest BCUT2D eigenvalue weighted by Crippen LogP contribution is 2.53. The quantitative estimate of drug-likeness (QED) is 0.181. The van der Waals surface area contributed by atoms with Crippen LogP contribution in [0.5, 0.6) is 0 Å². The van der Waals surface area contributed by atoms with E-state index in [0.717, 1.165) is 43.9 Å². The van der Waals surface area contributed by atoms with Crippen molar-refractivity contribution in [1.82, 2.24) is 19.9 Å². The molecule has 4 nitrogen and oxygen atoms in total. The number of aromatic nitrogens is 4. The third-order valence-corrected chi connectivity index (χ3v) is 11.5. The molecule has 52 heavy (non-hydrogen) atoms. The largest absolute Gasteiger partial charge is 0.236 e. The SMILES string of the molecule is CC1(C)c2ccccc2-c2c(-c3nc(-c4ccccc4)nc(-c4ccccc4)n3)cc(-c3ccc4c(ccc5nc(-c6ccccc6)sc54)c3)cc21. The van der Waals surface area contributed by atoms with Gasteiger partial charge in [-0.2, -0.15) is 0 Å². The zero-order chi connectivity index (χ0) is 34.8. The molecule has 0 saturated heterocycles. The molecule has 2 aromatic heterocycles. The lowest BCUT2D eigenvalue weighted by molar-refractivity contribution is 0.660. The number of thiazole rings is 1. The molecule has 1 aliphatic carbocycles. The number of hydrogen-bond donors (Lipinski definition) is 0. The Morgan fingerprint density at radius 2 is 1.06 bits per heavy atom. The molecule has 9 aromatic rings. The first kappa shape index (κ1) is 30.5. The molecule has 0 spiro atoms. The molecule has 1 aliphatic rings. The summed E-state index contributed by atoms with van der Waals surface area (Å²) in [5, 5.41) is 3.45. The predicted octanol–water partition coefficient (Wildman–Crippen LogP) is 12.3. The van der Waals surface area contributed by atoms with Gasteiger partial charge in [0, 0.05) is 33.1 Å². The Kier molecular flexibility index (Phi) is 6.98. The van der Waals surface area contributed by atoms with Crippen LogP contribution in [-0.2, 0) is 5.41 Å². The van der Waals surface area contributed by atoms with Crippen LogP contribution in [0.2, 0.25) is 0 Å². The first-order valence-corrected chi connectivity index (χ1v) is 18.4. The van der Waals surface area contributed by atoms with E-state index in [0.29, 0.717) is 17.5 Å². The van der Waals surface area contributed by atoms with Crippen LogP contribution in [0, 0.1) is 0 Å². The van der Waals surface area contributed by atoms with Crippen LogP contribution in [-0.4, -0.2) is 19.9 Å². The second kappa shape index (κ2) is 11.9. The van der Waals surface area contributed by atoms with E-state index in [1.807, 2.05) is 42.5 Å². The third kappa shape index (κ3) is 4.96. The molecule has 0 atom stereocenters. The molecule has 0 amide bonds. The standard InChI is InChI=1S/C47H32N4S/c1-47(2)38-21-13-12-20-36(38)41-37(45-50-43(29-14-6-3-7-15-29)49-44(51-45)30-16-8-4-9-17-30)27-34(28-39(41)47)32-22-24-35-33(26-32)23-25-40-42(35)52-46(48-40)31-18-10-5-11-19-31/h3-28H,1-2H3. The number of hydrogen-bond acceptors (Lipinski definition) is 5. The maximum absolute atomic E-state index is 5.22. The fourth-order valence-corrected chi connectivity index (χ4v) is 8.79. The molecule has 2 heterocycles. The van der Waals surface area contributed by atoms with Crippen LogP contribution in [0.15, 0.2) is 158 Å². The fraction of sp³-hybridized carbons (Fsp3) is 0.0638. The van der Waals surface area contributed by atoms with Crippen molar-refractivity contribution >= 4 is 32.3 Å². The lowest BCUT2D eigenvalue weighted by Gasteiger charge is -2.23. The van der Waals surface area contributed by atoms with Crippen molar-refractivity contribution in [2.24, 2.45) is 0 Å². The van der Waals surface area contributed by atoms with Gasteiger partial charge in [-0.15, -0.1) is 11.3 Å². The minimum Gasteiger partial charge on any atom is -0.236 e. The summed E-state index contributed by atoms with van der Waals surface area (Å²) in [4.78, 5) is 20.4. The Labute approximate surface area is 306 Å². The van der Waals surface area contributed by atoms with Gasteiger partial charge in [-0.1, -0.05) is 147 Å². The van der Waals surface area contributed by atoms with Crippen molar-refractivity contribution in [2.45, 2.75) is 19.3 Å². The zero-order valence-corrected chi connectivity index (χ0v) is 29.5. The highest BCUT2D eigenvalue weighted by Gasteiger charge is 2.38. The Balaban J connectivity index is 1.20. The zero-order valence-electron chi connectivity index (χ0n) is 28.7. The average molecular weight is 685 g/mol. The van der Waals surface area contributed by atoms with Gasteiger partial charge in [0.15, 0.2) is 17.5 Å². The van der Waals surface area contributed by atoms with Gasteiger partial charge in [0.05, 0.1) is 10.2 Å². The second-order valence-electron chi connectivity index (χ2n) is 13.9. The molecular formula is C47H32N4S. The van der Waals surface area contributed by atoms with Crippen LogP contribution in [0.1, 0.15) is 25.0 Å². The van der Waals surface area contributed by atoms with Gasteiger partial charge in [-0.3, -0.25) is 0 Å². The summed E-state index contributed by atoms with van der Waals surface area (Å²) in [6.45, 7) is 4.66. The van der Waals surface area contributed by atoms with Crippen molar-refractivity contribution in [3.8, 4) is 67.0 Å². The molecule has 10 rings (SSSR count). The normalized spacial score (nSPS) is 13.0. The van der Waals surface area contributed by atoms with Gasteiger partial charge in [0.1, 0.15) is 5.01 Å². The fourth-order valence-electron chi connectivity index (χ4n) is 7.69. The van der Waals surface area contributed by atoms with E-state index in [1.54, 1.807) is 11.3 Å². The number of rotatable bonds is 5. The Hall–Kier alpha value is -6.30. The lowest BCUT2D eigenvalue weighted by Crippen LogP contribution is -2.15. The molecule has 246 valence electrons. The van der Waals surface area contributed by atoms with Gasteiger partial charge < -0.3 is 0 Å². The highest BCUT2D eigenvalue weighted by molar-refractivity contribution is 7.22. The van der Waals surface area contributed by atoms with E-state index in [9.17, 15) is 0 Å². The summed E-state index contributed by atoms with van der Waals surface area (Å²) in [5.41, 5.74) is 12.2. The van der Waals surface area contributed by atoms with Crippen molar-refractivity contribution < 1.29 is 0 Å². The molecule has 0 fully saturated rings. The summed E-state index contributed by atoms with van der Waals surface area (Å²) < 4.78 is 1.21. The van der Waals surface area contributed by atoms with E-state index in [2.05, 4.69) is 129 Å². The van der Waals surface area contributed by atoms with E-state index in [4.69, 9.17) is 19.9 Å². The summed E-state index contributed by atoms with van der Waals surface area (Å²) in [6, 6.07) is 55.5. The summed E-state index contributed by atoms with van der Waals surface area (Å²) in [7, 11) is 0. The van der Waals surface area contributed by atoms with Crippen LogP contribution in [0.25, 0.3) is 88.0 Å². The van der Waals surface area contributed by atoms with Gasteiger partial charge in [0.2, 0.25) is 0 Å². The van der Waals surface area contributed by atoms with Crippen LogP contribution < -0.4 is 0 Å². The molecule has 7 aromatic carbocycles. The minimum absolute atomic E-state index is 0.215. The van der Waals surface area contributed by atoms with Crippen LogP contribution in [0.3, 0.4) is 0 Å². The third-order valence-electron chi connectivity index (χ3n) is 10.3. The summed E-state index contributed by atoms with van der Waals surface area (Å²) in [5.74, 6) is 1.98. The highest BCUT2D eigenvalue weighted by atomic mass is 32.1. The lowest BCUT2D eigenvalue weighted by atomic mass is 9.81. The number of fused-ring (bicyclic) bond motifs is 6. The Morgan fingerprint density at radius 3 is 1.75 bits per heavy atom. The first-order chi connectivity index (χ1) is 25.5. The summed E-state index contributed by atoms with van der Waals surface area (Å²) in [6.07, 6.45) is 0. The molecule has 0 N–H and O–H groups in total. The van der Waals surface area contributed by atoms with Crippen molar-refractivity contribution in [3.63, 3.8) is 0 Å². The summed E-state index contributed by atoms with van der Waals surface area (Å²) >= 11 is 1.76. The number of nitrogens with zero attached hydrogens (tertiary/aromatic N) is 4. The second-order valence-corrected chi connectivity index (χ2v) is 14.9. The monoisotopic (exact) mass is 684 g/mol. The average Bonchev–Trinajstić information content (AvgIpc) is 3.75. The van der Waals surface area contributed by atoms with E-state index in [-0.39, 0.29) is 5.41 Å². The Morgan fingerprint density at radius 1 is 0.442 bits per heavy atom. The van der Waals surface area contributed by atoms with Crippen molar-refractivity contribution in [3.05, 3.63) is 169 Å². The number of benzene rings is 7. The molecule has 0 radical (unpaired) electrons. The maximum Gasteiger partial charge on any atom is 0.164 e. The van der Waals surface area contributed by atoms with Gasteiger partial charge >= 0.3 is 0 Å². The smallest absolute Gasteiger partial charge is 0.164 e. The van der Waals surface area contributed by atoms with Gasteiger partial charge in [-0.05, 0) is 63.0 Å². The molecule has 0 saturated carbocycles. The van der Waals surface area contributed by atoms with E-state index < -0.39 is 0 Å². The van der Waals surface area contributed by atoms with Gasteiger partial charge in [-0.25, -0.2) is 19.9 Å².